The lowest BCUT2D eigenvalue weighted by Crippen LogP contribution is -2.12. The van der Waals surface area contributed by atoms with Gasteiger partial charge in [-0.05, 0) is 29.3 Å². The Morgan fingerprint density at radius 2 is 2.07 bits per heavy atom. The van der Waals surface area contributed by atoms with Gasteiger partial charge in [-0.1, -0.05) is 36.4 Å². The Morgan fingerprint density at radius 3 is 2.86 bits per heavy atom. The van der Waals surface area contributed by atoms with Crippen LogP contribution in [0.2, 0.25) is 0 Å². The minimum Gasteiger partial charge on any atom is -0.327 e. The van der Waals surface area contributed by atoms with Gasteiger partial charge in [-0.15, -0.1) is 0 Å². The molecule has 2 aromatic heterocycles. The highest BCUT2D eigenvalue weighted by Crippen LogP contribution is 2.23. The minimum absolute atomic E-state index is 0.144. The average molecular weight is 427 g/mol. The molecule has 0 amide bonds. The van der Waals surface area contributed by atoms with Gasteiger partial charge < -0.3 is 5.73 Å². The summed E-state index contributed by atoms with van der Waals surface area (Å²) in [4.78, 5) is 4.00. The Balaban J connectivity index is 1.64. The molecule has 0 saturated carbocycles. The third-order valence-corrected chi connectivity index (χ3v) is 6.36. The number of nitrogens with zero attached hydrogens (tertiary/aromatic N) is 4. The van der Waals surface area contributed by atoms with Crippen molar-refractivity contribution in [3.05, 3.63) is 72.2 Å². The third-order valence-electron chi connectivity index (χ3n) is 4.32. The SMILES string of the molecule is NC/C=C/c1ccccc1Cn1ncc2cc(S(=O)(=O)Nc3ncns3)ccc21. The van der Waals surface area contributed by atoms with Gasteiger partial charge in [0.1, 0.15) is 6.33 Å². The van der Waals surface area contributed by atoms with E-state index >= 15 is 0 Å². The van der Waals surface area contributed by atoms with Crippen LogP contribution in [0.25, 0.3) is 17.0 Å². The van der Waals surface area contributed by atoms with Gasteiger partial charge in [-0.3, -0.25) is 9.40 Å². The first-order valence-corrected chi connectivity index (χ1v) is 11.0. The standard InChI is InChI=1S/C19H18N6O2S2/c20-9-3-6-14-4-1-2-5-15(14)12-25-18-8-7-17(10-16(18)11-22-25)29(26,27)24-19-21-13-23-28-19/h1-8,10-11,13H,9,12,20H2,(H,21,23,24)/b6-3+. The summed E-state index contributed by atoms with van der Waals surface area (Å²) in [6.07, 6.45) is 6.86. The van der Waals surface area contributed by atoms with Crippen LogP contribution in [0.5, 0.6) is 0 Å². The summed E-state index contributed by atoms with van der Waals surface area (Å²) in [7, 11) is -3.74. The van der Waals surface area contributed by atoms with Crippen LogP contribution in [0, 0.1) is 0 Å². The van der Waals surface area contributed by atoms with Gasteiger partial charge in [-0.25, -0.2) is 13.4 Å². The molecule has 0 spiro atoms. The van der Waals surface area contributed by atoms with Crippen LogP contribution < -0.4 is 10.5 Å². The fourth-order valence-corrected chi connectivity index (χ4v) is 4.64. The van der Waals surface area contributed by atoms with Crippen LogP contribution in [0.15, 0.2) is 66.0 Å². The van der Waals surface area contributed by atoms with E-state index in [0.717, 1.165) is 33.6 Å². The molecule has 2 aromatic carbocycles. The number of nitrogens with one attached hydrogen (secondary N) is 1. The molecule has 148 valence electrons. The molecule has 10 heteroatoms. The predicted molar refractivity (Wildman–Crippen MR) is 114 cm³/mol. The molecule has 0 saturated heterocycles. The zero-order valence-corrected chi connectivity index (χ0v) is 16.9. The molecule has 0 aliphatic rings. The van der Waals surface area contributed by atoms with Crippen molar-refractivity contribution in [3.63, 3.8) is 0 Å². The van der Waals surface area contributed by atoms with E-state index in [1.54, 1.807) is 24.4 Å². The summed E-state index contributed by atoms with van der Waals surface area (Å²) in [5.74, 6) is 0. The van der Waals surface area contributed by atoms with Crippen LogP contribution in [0.4, 0.5) is 5.13 Å². The Bertz CT molecular complexity index is 1260. The van der Waals surface area contributed by atoms with E-state index in [1.165, 1.54) is 6.33 Å². The highest BCUT2D eigenvalue weighted by atomic mass is 32.2. The van der Waals surface area contributed by atoms with Crippen molar-refractivity contribution >= 4 is 43.7 Å². The largest absolute Gasteiger partial charge is 0.327 e. The number of anilines is 1. The quantitative estimate of drug-likeness (QED) is 0.469. The zero-order valence-electron chi connectivity index (χ0n) is 15.3. The van der Waals surface area contributed by atoms with Crippen LogP contribution in [0.1, 0.15) is 11.1 Å². The molecule has 0 aliphatic heterocycles. The maximum Gasteiger partial charge on any atom is 0.263 e. The molecule has 0 fully saturated rings. The van der Waals surface area contributed by atoms with E-state index in [-0.39, 0.29) is 10.0 Å². The van der Waals surface area contributed by atoms with Crippen molar-refractivity contribution in [1.29, 1.82) is 0 Å². The van der Waals surface area contributed by atoms with Crippen molar-refractivity contribution in [3.8, 4) is 0 Å². The van der Waals surface area contributed by atoms with Gasteiger partial charge in [-0.2, -0.15) is 9.47 Å². The van der Waals surface area contributed by atoms with Crippen molar-refractivity contribution in [2.24, 2.45) is 5.73 Å². The first-order chi connectivity index (χ1) is 14.1. The maximum absolute atomic E-state index is 12.6. The van der Waals surface area contributed by atoms with Crippen molar-refractivity contribution in [2.75, 3.05) is 11.3 Å². The molecule has 0 unspecified atom stereocenters. The Morgan fingerprint density at radius 1 is 1.21 bits per heavy atom. The second-order valence-electron chi connectivity index (χ2n) is 6.21. The number of fused-ring (bicyclic) bond motifs is 1. The summed E-state index contributed by atoms with van der Waals surface area (Å²) in [6, 6.07) is 12.9. The molecular formula is C19H18N6O2S2. The van der Waals surface area contributed by atoms with Gasteiger partial charge in [0.05, 0.1) is 23.2 Å². The second kappa shape index (κ2) is 8.11. The van der Waals surface area contributed by atoms with Gasteiger partial charge in [0.25, 0.3) is 10.0 Å². The molecule has 29 heavy (non-hydrogen) atoms. The maximum atomic E-state index is 12.6. The molecule has 0 atom stereocenters. The summed E-state index contributed by atoms with van der Waals surface area (Å²) in [6.45, 7) is 1.03. The summed E-state index contributed by atoms with van der Waals surface area (Å²) in [5.41, 5.74) is 8.57. The van der Waals surface area contributed by atoms with Gasteiger partial charge in [0.15, 0.2) is 0 Å². The lowest BCUT2D eigenvalue weighted by molar-refractivity contribution is 0.601. The molecular weight excluding hydrogens is 408 g/mol. The Hall–Kier alpha value is -3.08. The molecule has 0 radical (unpaired) electrons. The first kappa shape index (κ1) is 19.2. The molecule has 2 heterocycles. The Kier molecular flexibility index (Phi) is 5.38. The normalized spacial score (nSPS) is 12.0. The second-order valence-corrected chi connectivity index (χ2v) is 8.67. The smallest absolute Gasteiger partial charge is 0.263 e. The molecule has 8 nitrogen and oxygen atoms in total. The topological polar surface area (TPSA) is 116 Å². The number of aromatic nitrogens is 4. The van der Waals surface area contributed by atoms with Crippen LogP contribution >= 0.6 is 11.5 Å². The molecule has 0 bridgehead atoms. The first-order valence-electron chi connectivity index (χ1n) is 8.76. The molecule has 4 aromatic rings. The number of hydrogen-bond acceptors (Lipinski definition) is 7. The highest BCUT2D eigenvalue weighted by molar-refractivity contribution is 7.93. The van der Waals surface area contributed by atoms with Crippen molar-refractivity contribution < 1.29 is 8.42 Å². The third kappa shape index (κ3) is 4.19. The van der Waals surface area contributed by atoms with Crippen molar-refractivity contribution in [2.45, 2.75) is 11.4 Å². The lowest BCUT2D eigenvalue weighted by atomic mass is 10.1. The van der Waals surface area contributed by atoms with Crippen LogP contribution in [-0.2, 0) is 16.6 Å². The van der Waals surface area contributed by atoms with E-state index in [4.69, 9.17) is 5.73 Å². The number of sulfonamides is 1. The monoisotopic (exact) mass is 426 g/mol. The van der Waals surface area contributed by atoms with Crippen LogP contribution in [0.3, 0.4) is 0 Å². The number of benzene rings is 2. The summed E-state index contributed by atoms with van der Waals surface area (Å²) in [5, 5.41) is 5.40. The van der Waals surface area contributed by atoms with E-state index < -0.39 is 10.0 Å². The fourth-order valence-electron chi connectivity index (χ4n) is 2.95. The number of hydrogen-bond donors (Lipinski definition) is 2. The van der Waals surface area contributed by atoms with E-state index in [0.29, 0.717) is 13.1 Å². The number of nitrogens with two attached hydrogens (primary N) is 1. The van der Waals surface area contributed by atoms with Crippen LogP contribution in [-0.4, -0.2) is 34.1 Å². The fraction of sp³-hybridized carbons (Fsp3) is 0.105. The summed E-state index contributed by atoms with van der Waals surface area (Å²) >= 11 is 0.979. The predicted octanol–water partition coefficient (Wildman–Crippen LogP) is 2.71. The van der Waals surface area contributed by atoms with E-state index in [1.807, 2.05) is 41.1 Å². The van der Waals surface area contributed by atoms with E-state index in [9.17, 15) is 8.42 Å². The molecule has 3 N–H and O–H groups in total. The average Bonchev–Trinajstić information content (AvgIpc) is 3.36. The minimum atomic E-state index is -3.74. The Labute approximate surface area is 171 Å². The zero-order chi connectivity index (χ0) is 20.3. The lowest BCUT2D eigenvalue weighted by Gasteiger charge is -2.09. The van der Waals surface area contributed by atoms with Gasteiger partial charge >= 0.3 is 0 Å². The highest BCUT2D eigenvalue weighted by Gasteiger charge is 2.17. The molecule has 0 aliphatic carbocycles. The van der Waals surface area contributed by atoms with Gasteiger partial charge in [0, 0.05) is 23.5 Å². The van der Waals surface area contributed by atoms with Gasteiger partial charge in [0.2, 0.25) is 5.13 Å². The summed E-state index contributed by atoms with van der Waals surface area (Å²) < 4.78 is 33.2. The van der Waals surface area contributed by atoms with Crippen molar-refractivity contribution in [1.82, 2.24) is 19.1 Å². The molecule has 4 rings (SSSR count). The number of rotatable bonds is 7. The van der Waals surface area contributed by atoms with E-state index in [2.05, 4.69) is 19.2 Å².